The van der Waals surface area contributed by atoms with Gasteiger partial charge in [-0.05, 0) is 31.9 Å². The highest BCUT2D eigenvalue weighted by atomic mass is 32.2. The zero-order valence-electron chi connectivity index (χ0n) is 14.0. The zero-order valence-corrected chi connectivity index (χ0v) is 14.8. The lowest BCUT2D eigenvalue weighted by Gasteiger charge is -2.17. The molecule has 1 atom stereocenters. The maximum absolute atomic E-state index is 12.3. The van der Waals surface area contributed by atoms with Crippen molar-refractivity contribution in [3.63, 3.8) is 0 Å². The van der Waals surface area contributed by atoms with Crippen molar-refractivity contribution in [2.24, 2.45) is 0 Å². The van der Waals surface area contributed by atoms with Gasteiger partial charge in [-0.15, -0.1) is 0 Å². The second-order valence-corrected chi connectivity index (χ2v) is 7.08. The molecule has 2 heterocycles. The first kappa shape index (κ1) is 17.6. The summed E-state index contributed by atoms with van der Waals surface area (Å²) in [5.41, 5.74) is -0.272. The van der Waals surface area contributed by atoms with Gasteiger partial charge in [0.05, 0.1) is 24.1 Å². The first-order valence-electron chi connectivity index (χ1n) is 8.32. The third-order valence-corrected chi connectivity index (χ3v) is 5.23. The Bertz CT molecular complexity index is 782. The molecule has 2 aromatic rings. The van der Waals surface area contributed by atoms with Gasteiger partial charge < -0.3 is 14.8 Å². The van der Waals surface area contributed by atoms with E-state index in [1.807, 2.05) is 6.92 Å². The van der Waals surface area contributed by atoms with Gasteiger partial charge in [0.2, 0.25) is 11.8 Å². The number of amides is 1. The van der Waals surface area contributed by atoms with Crippen molar-refractivity contribution in [3.8, 4) is 5.88 Å². The minimum absolute atomic E-state index is 0.0909. The molecule has 7 nitrogen and oxygen atoms in total. The smallest absolute Gasteiger partial charge is 0.258 e. The van der Waals surface area contributed by atoms with Crippen molar-refractivity contribution in [1.29, 1.82) is 0 Å². The number of aromatic hydroxyl groups is 1. The van der Waals surface area contributed by atoms with Gasteiger partial charge in [-0.1, -0.05) is 24.6 Å². The molecule has 0 unspecified atom stereocenters. The predicted octanol–water partition coefficient (Wildman–Crippen LogP) is 2.63. The second kappa shape index (κ2) is 7.77. The first-order chi connectivity index (χ1) is 12.0. The molecule has 25 heavy (non-hydrogen) atoms. The van der Waals surface area contributed by atoms with Gasteiger partial charge in [-0.2, -0.15) is 4.98 Å². The maximum atomic E-state index is 12.3. The minimum Gasteiger partial charge on any atom is -0.493 e. The molecule has 1 saturated carbocycles. The summed E-state index contributed by atoms with van der Waals surface area (Å²) in [6.07, 6.45) is 5.54. The molecular weight excluding hydrogens is 342 g/mol. The van der Waals surface area contributed by atoms with Crippen LogP contribution in [0.4, 0.5) is 0 Å². The Hall–Kier alpha value is -2.22. The molecule has 0 aliphatic heterocycles. The summed E-state index contributed by atoms with van der Waals surface area (Å²) in [5.74, 6) is 0.278. The van der Waals surface area contributed by atoms with Gasteiger partial charge in [-0.25, -0.2) is 0 Å². The molecule has 2 N–H and O–H groups in total. The molecule has 0 radical (unpaired) electrons. The topological polar surface area (TPSA) is 97.4 Å². The van der Waals surface area contributed by atoms with E-state index >= 15 is 0 Å². The van der Waals surface area contributed by atoms with E-state index in [0.29, 0.717) is 10.9 Å². The molecule has 2 aromatic heterocycles. The SMILES string of the molecule is C[C@@H](NC(=O)CSc1nc(O)cc(=O)n1C1CCCC1)c1ccco1. The van der Waals surface area contributed by atoms with Crippen LogP contribution < -0.4 is 10.9 Å². The van der Waals surface area contributed by atoms with E-state index in [1.54, 1.807) is 23.0 Å². The van der Waals surface area contributed by atoms with E-state index in [2.05, 4.69) is 10.3 Å². The van der Waals surface area contributed by atoms with Gasteiger partial charge in [0.25, 0.3) is 5.56 Å². The van der Waals surface area contributed by atoms with Crippen LogP contribution in [0.1, 0.15) is 50.5 Å². The standard InChI is InChI=1S/C17H21N3O4S/c1-11(13-7-4-8-24-13)18-15(22)10-25-17-19-14(21)9-16(23)20(17)12-5-2-3-6-12/h4,7-9,11-12,21H,2-3,5-6,10H2,1H3,(H,18,22)/t11-/m1/s1. The number of aromatic nitrogens is 2. The fraction of sp³-hybridized carbons (Fsp3) is 0.471. The van der Waals surface area contributed by atoms with Gasteiger partial charge >= 0.3 is 0 Å². The van der Waals surface area contributed by atoms with Crippen LogP contribution >= 0.6 is 11.8 Å². The summed E-state index contributed by atoms with van der Waals surface area (Å²) in [4.78, 5) is 28.5. The third-order valence-electron chi connectivity index (χ3n) is 4.28. The van der Waals surface area contributed by atoms with Crippen molar-refractivity contribution >= 4 is 17.7 Å². The number of hydrogen-bond acceptors (Lipinski definition) is 6. The lowest BCUT2D eigenvalue weighted by atomic mass is 10.2. The zero-order chi connectivity index (χ0) is 17.8. The van der Waals surface area contributed by atoms with E-state index in [9.17, 15) is 14.7 Å². The number of rotatable bonds is 6. The number of carbonyl (C=O) groups excluding carboxylic acids is 1. The van der Waals surface area contributed by atoms with Crippen LogP contribution in [0, 0.1) is 0 Å². The molecule has 1 aliphatic rings. The summed E-state index contributed by atoms with van der Waals surface area (Å²) >= 11 is 1.16. The summed E-state index contributed by atoms with van der Waals surface area (Å²) in [7, 11) is 0. The minimum atomic E-state index is -0.314. The predicted molar refractivity (Wildman–Crippen MR) is 93.7 cm³/mol. The van der Waals surface area contributed by atoms with Crippen LogP contribution in [0.15, 0.2) is 38.8 Å². The average molecular weight is 363 g/mol. The van der Waals surface area contributed by atoms with E-state index in [1.165, 1.54) is 0 Å². The Kier molecular flexibility index (Phi) is 5.47. The van der Waals surface area contributed by atoms with Crippen LogP contribution in [0.3, 0.4) is 0 Å². The quantitative estimate of drug-likeness (QED) is 0.605. The van der Waals surface area contributed by atoms with E-state index in [-0.39, 0.29) is 35.2 Å². The highest BCUT2D eigenvalue weighted by Crippen LogP contribution is 2.31. The molecule has 3 rings (SSSR count). The van der Waals surface area contributed by atoms with Crippen LogP contribution in [-0.4, -0.2) is 26.3 Å². The van der Waals surface area contributed by atoms with Crippen LogP contribution in [0.25, 0.3) is 0 Å². The molecule has 0 bridgehead atoms. The normalized spacial score (nSPS) is 16.0. The largest absolute Gasteiger partial charge is 0.493 e. The van der Waals surface area contributed by atoms with Gasteiger partial charge in [0, 0.05) is 6.04 Å². The van der Waals surface area contributed by atoms with E-state index in [4.69, 9.17) is 4.42 Å². The van der Waals surface area contributed by atoms with E-state index in [0.717, 1.165) is 43.5 Å². The monoisotopic (exact) mass is 363 g/mol. The van der Waals surface area contributed by atoms with Crippen molar-refractivity contribution < 1.29 is 14.3 Å². The molecule has 1 aliphatic carbocycles. The molecule has 0 saturated heterocycles. The van der Waals surface area contributed by atoms with Crippen LogP contribution in [0.2, 0.25) is 0 Å². The summed E-state index contributed by atoms with van der Waals surface area (Å²) in [6.45, 7) is 1.84. The molecule has 134 valence electrons. The average Bonchev–Trinajstić information content (AvgIpc) is 3.25. The number of hydrogen-bond donors (Lipinski definition) is 2. The summed E-state index contributed by atoms with van der Waals surface area (Å²) in [6, 6.07) is 4.54. The van der Waals surface area contributed by atoms with Gasteiger partial charge in [0.1, 0.15) is 5.76 Å². The third kappa shape index (κ3) is 4.25. The number of nitrogens with zero attached hydrogens (tertiary/aromatic N) is 2. The highest BCUT2D eigenvalue weighted by Gasteiger charge is 2.23. The number of furan rings is 1. The molecular formula is C17H21N3O4S. The molecule has 1 amide bonds. The Morgan fingerprint density at radius 2 is 2.28 bits per heavy atom. The Labute approximate surface area is 149 Å². The molecule has 1 fully saturated rings. The fourth-order valence-corrected chi connectivity index (χ4v) is 3.96. The van der Waals surface area contributed by atoms with Crippen molar-refractivity contribution in [2.45, 2.75) is 49.8 Å². The molecule has 0 aromatic carbocycles. The number of carbonyl (C=O) groups is 1. The Morgan fingerprint density at radius 1 is 1.52 bits per heavy atom. The number of thioether (sulfide) groups is 1. The lowest BCUT2D eigenvalue weighted by Crippen LogP contribution is -2.29. The molecule has 0 spiro atoms. The molecule has 8 heteroatoms. The van der Waals surface area contributed by atoms with Crippen LogP contribution in [-0.2, 0) is 4.79 Å². The summed E-state index contributed by atoms with van der Waals surface area (Å²) in [5, 5.41) is 12.9. The van der Waals surface area contributed by atoms with Crippen LogP contribution in [0.5, 0.6) is 5.88 Å². The maximum Gasteiger partial charge on any atom is 0.258 e. The van der Waals surface area contributed by atoms with Gasteiger partial charge in [0.15, 0.2) is 5.16 Å². The Balaban J connectivity index is 1.68. The van der Waals surface area contributed by atoms with Crippen molar-refractivity contribution in [2.75, 3.05) is 5.75 Å². The van der Waals surface area contributed by atoms with Crippen molar-refractivity contribution in [3.05, 3.63) is 40.6 Å². The lowest BCUT2D eigenvalue weighted by molar-refractivity contribution is -0.119. The van der Waals surface area contributed by atoms with Gasteiger partial charge in [-0.3, -0.25) is 14.2 Å². The van der Waals surface area contributed by atoms with Crippen molar-refractivity contribution in [1.82, 2.24) is 14.9 Å². The first-order valence-corrected chi connectivity index (χ1v) is 9.31. The van der Waals surface area contributed by atoms with E-state index < -0.39 is 0 Å². The number of nitrogens with one attached hydrogen (secondary N) is 1. The highest BCUT2D eigenvalue weighted by molar-refractivity contribution is 7.99. The second-order valence-electron chi connectivity index (χ2n) is 6.14. The Morgan fingerprint density at radius 3 is 2.96 bits per heavy atom. The summed E-state index contributed by atoms with van der Waals surface area (Å²) < 4.78 is 6.88. The fourth-order valence-electron chi connectivity index (χ4n) is 3.08.